The Bertz CT molecular complexity index is 1190. The molecular weight excluding hydrogens is 408 g/mol. The van der Waals surface area contributed by atoms with Gasteiger partial charge in [0.15, 0.2) is 11.5 Å². The average Bonchev–Trinajstić information content (AvgIpc) is 3.02. The van der Waals surface area contributed by atoms with E-state index in [-0.39, 0.29) is 0 Å². The van der Waals surface area contributed by atoms with Crippen molar-refractivity contribution in [3.63, 3.8) is 0 Å². The summed E-state index contributed by atoms with van der Waals surface area (Å²) in [5, 5.41) is 6.69. The highest BCUT2D eigenvalue weighted by Crippen LogP contribution is 2.46. The van der Waals surface area contributed by atoms with Gasteiger partial charge in [-0.15, -0.1) is 0 Å². The van der Waals surface area contributed by atoms with Gasteiger partial charge in [0.05, 0.1) is 5.39 Å². The first kappa shape index (κ1) is 19.0. The average molecular weight is 435 g/mol. The second kappa shape index (κ2) is 6.63. The predicted octanol–water partition coefficient (Wildman–Crippen LogP) is 4.06. The van der Waals surface area contributed by atoms with Crippen LogP contribution in [0.3, 0.4) is 0 Å². The molecule has 1 atom stereocenters. The smallest absolute Gasteiger partial charge is 0.160 e. The quantitative estimate of drug-likeness (QED) is 0.621. The lowest BCUT2D eigenvalue weighted by atomic mass is 9.72. The molecule has 0 N–H and O–H groups in total. The van der Waals surface area contributed by atoms with Crippen molar-refractivity contribution in [3.05, 3.63) is 59.5 Å². The van der Waals surface area contributed by atoms with E-state index in [2.05, 4.69) is 51.4 Å². The molecule has 0 radical (unpaired) electrons. The third-order valence-electron chi connectivity index (χ3n) is 7.20. The van der Waals surface area contributed by atoms with E-state index < -0.39 is 0 Å². The highest BCUT2D eigenvalue weighted by molar-refractivity contribution is 6.30. The van der Waals surface area contributed by atoms with Crippen LogP contribution >= 0.6 is 11.6 Å². The number of likely N-dealkylation sites (tertiary alicyclic amines) is 1. The Labute approximate surface area is 187 Å². The van der Waals surface area contributed by atoms with E-state index in [1.807, 2.05) is 30.1 Å². The molecule has 0 amide bonds. The summed E-state index contributed by atoms with van der Waals surface area (Å²) in [5.41, 5.74) is 3.88. The molecule has 3 aromatic rings. The summed E-state index contributed by atoms with van der Waals surface area (Å²) in [4.78, 5) is 11.7. The molecular formula is C24H27ClN6. The number of nitrogens with zero attached hydrogens (tertiary/aromatic N) is 6. The molecule has 1 spiro atoms. The Hall–Kier alpha value is -2.73. The third-order valence-corrected chi connectivity index (χ3v) is 7.43. The Kier molecular flexibility index (Phi) is 4.06. The number of hydrogen-bond acceptors (Lipinski definition) is 5. The van der Waals surface area contributed by atoms with E-state index in [1.165, 1.54) is 11.3 Å². The van der Waals surface area contributed by atoms with Gasteiger partial charge in [-0.1, -0.05) is 18.2 Å². The van der Waals surface area contributed by atoms with E-state index >= 15 is 0 Å². The molecule has 7 heteroatoms. The molecule has 1 unspecified atom stereocenters. The van der Waals surface area contributed by atoms with Crippen LogP contribution in [0.5, 0.6) is 0 Å². The highest BCUT2D eigenvalue weighted by Gasteiger charge is 2.53. The topological polar surface area (TPSA) is 40.4 Å². The molecule has 1 aromatic carbocycles. The molecule has 160 valence electrons. The molecule has 6 rings (SSSR count). The normalized spacial score (nSPS) is 21.8. The van der Waals surface area contributed by atoms with Gasteiger partial charge in [0.2, 0.25) is 0 Å². The molecule has 3 aliphatic rings. The van der Waals surface area contributed by atoms with Gasteiger partial charge >= 0.3 is 0 Å². The summed E-state index contributed by atoms with van der Waals surface area (Å²) in [5.74, 6) is 2.18. The molecule has 3 aliphatic heterocycles. The number of anilines is 2. The number of aryl methyl sites for hydroxylation is 2. The largest absolute Gasteiger partial charge is 0.357 e. The Balaban J connectivity index is 1.16. The predicted molar refractivity (Wildman–Crippen MR) is 126 cm³/mol. The van der Waals surface area contributed by atoms with Crippen molar-refractivity contribution in [2.45, 2.75) is 25.8 Å². The maximum atomic E-state index is 6.24. The molecule has 0 aliphatic carbocycles. The SMILES string of the molecule is C=C(N1CC2(C1)CN(c1nn(C)c3ncccc13)C2)N1c2ccc(Cl)cc2CCC1C. The zero-order valence-electron chi connectivity index (χ0n) is 18.1. The Morgan fingerprint density at radius 2 is 2.00 bits per heavy atom. The third kappa shape index (κ3) is 2.84. The molecule has 31 heavy (non-hydrogen) atoms. The molecule has 2 aromatic heterocycles. The van der Waals surface area contributed by atoms with Crippen LogP contribution < -0.4 is 9.80 Å². The second-order valence-electron chi connectivity index (χ2n) is 9.48. The first-order chi connectivity index (χ1) is 14.9. The Morgan fingerprint density at radius 3 is 2.81 bits per heavy atom. The standard InChI is InChI=1S/C24H27ClN6/c1-16-6-7-18-11-19(25)8-9-21(18)31(16)17(2)29-12-24(13-29)14-30(15-24)23-20-5-4-10-26-22(20)28(3)27-23/h4-5,8-11,16H,2,6-7,12-15H2,1,3H3. The van der Waals surface area contributed by atoms with Crippen molar-refractivity contribution in [2.24, 2.45) is 12.5 Å². The fraction of sp³-hybridized carbons (Fsp3) is 0.417. The van der Waals surface area contributed by atoms with Crippen molar-refractivity contribution >= 4 is 34.1 Å². The number of fused-ring (bicyclic) bond motifs is 2. The van der Waals surface area contributed by atoms with Crippen LogP contribution in [0.4, 0.5) is 11.5 Å². The van der Waals surface area contributed by atoms with Crippen molar-refractivity contribution in [1.29, 1.82) is 0 Å². The molecule has 6 nitrogen and oxygen atoms in total. The summed E-state index contributed by atoms with van der Waals surface area (Å²) in [6.07, 6.45) is 4.03. The summed E-state index contributed by atoms with van der Waals surface area (Å²) >= 11 is 6.24. The summed E-state index contributed by atoms with van der Waals surface area (Å²) < 4.78 is 1.88. The molecule has 0 saturated carbocycles. The zero-order valence-corrected chi connectivity index (χ0v) is 18.8. The molecule has 0 bridgehead atoms. The molecule has 2 saturated heterocycles. The Morgan fingerprint density at radius 1 is 1.19 bits per heavy atom. The number of rotatable bonds is 3. The number of halogens is 1. The maximum absolute atomic E-state index is 6.24. The maximum Gasteiger partial charge on any atom is 0.160 e. The molecule has 5 heterocycles. The minimum Gasteiger partial charge on any atom is -0.357 e. The van der Waals surface area contributed by atoms with Crippen molar-refractivity contribution < 1.29 is 0 Å². The zero-order chi connectivity index (χ0) is 21.3. The van der Waals surface area contributed by atoms with Crippen LogP contribution in [-0.2, 0) is 13.5 Å². The summed E-state index contributed by atoms with van der Waals surface area (Å²) in [6, 6.07) is 10.8. The van der Waals surface area contributed by atoms with E-state index in [4.69, 9.17) is 16.7 Å². The first-order valence-corrected chi connectivity index (χ1v) is 11.4. The fourth-order valence-corrected chi connectivity index (χ4v) is 5.83. The van der Waals surface area contributed by atoms with Crippen molar-refractivity contribution in [2.75, 3.05) is 36.0 Å². The van der Waals surface area contributed by atoms with Gasteiger partial charge in [0.1, 0.15) is 5.82 Å². The van der Waals surface area contributed by atoms with Gasteiger partial charge < -0.3 is 14.7 Å². The lowest BCUT2D eigenvalue weighted by Crippen LogP contribution is -2.72. The lowest BCUT2D eigenvalue weighted by molar-refractivity contribution is 0.000801. The number of benzene rings is 1. The van der Waals surface area contributed by atoms with E-state index in [0.717, 1.165) is 66.7 Å². The number of pyridine rings is 1. The van der Waals surface area contributed by atoms with Gasteiger partial charge in [0.25, 0.3) is 0 Å². The first-order valence-electron chi connectivity index (χ1n) is 11.0. The van der Waals surface area contributed by atoms with Gasteiger partial charge in [-0.05, 0) is 55.7 Å². The van der Waals surface area contributed by atoms with Gasteiger partial charge in [-0.3, -0.25) is 0 Å². The van der Waals surface area contributed by atoms with E-state index in [1.54, 1.807) is 0 Å². The lowest BCUT2D eigenvalue weighted by Gasteiger charge is -2.62. The van der Waals surface area contributed by atoms with Crippen LogP contribution in [0.15, 0.2) is 48.9 Å². The van der Waals surface area contributed by atoms with E-state index in [0.29, 0.717) is 11.5 Å². The van der Waals surface area contributed by atoms with Crippen molar-refractivity contribution in [1.82, 2.24) is 19.7 Å². The number of hydrogen-bond donors (Lipinski definition) is 0. The summed E-state index contributed by atoms with van der Waals surface area (Å²) in [7, 11) is 1.97. The van der Waals surface area contributed by atoms with Crippen LogP contribution in [-0.4, -0.2) is 51.9 Å². The minimum absolute atomic E-state index is 0.344. The van der Waals surface area contributed by atoms with Crippen LogP contribution in [0.2, 0.25) is 5.02 Å². The van der Waals surface area contributed by atoms with Crippen LogP contribution in [0.25, 0.3) is 11.0 Å². The van der Waals surface area contributed by atoms with Crippen molar-refractivity contribution in [3.8, 4) is 0 Å². The highest BCUT2D eigenvalue weighted by atomic mass is 35.5. The number of aromatic nitrogens is 3. The minimum atomic E-state index is 0.344. The van der Waals surface area contributed by atoms with Crippen LogP contribution in [0.1, 0.15) is 18.9 Å². The second-order valence-corrected chi connectivity index (χ2v) is 9.92. The van der Waals surface area contributed by atoms with E-state index in [9.17, 15) is 0 Å². The summed E-state index contributed by atoms with van der Waals surface area (Å²) in [6.45, 7) is 11.0. The van der Waals surface area contributed by atoms with Gasteiger partial charge in [-0.2, -0.15) is 5.10 Å². The monoisotopic (exact) mass is 434 g/mol. The van der Waals surface area contributed by atoms with Gasteiger partial charge in [0, 0.05) is 61.6 Å². The van der Waals surface area contributed by atoms with Crippen LogP contribution in [0, 0.1) is 5.41 Å². The fourth-order valence-electron chi connectivity index (χ4n) is 5.63. The molecule has 2 fully saturated rings. The van der Waals surface area contributed by atoms with Gasteiger partial charge in [-0.25, -0.2) is 9.67 Å².